The lowest BCUT2D eigenvalue weighted by Crippen LogP contribution is -2.40. The number of amides is 1. The second-order valence-corrected chi connectivity index (χ2v) is 6.46. The van der Waals surface area contributed by atoms with Crippen LogP contribution in [0.15, 0.2) is 0 Å². The number of likely N-dealkylation sites (tertiary alicyclic amines) is 1. The SMILES string of the molecule is CCc1[nH]c(C(=O)OCC(=O)N2CCC(C)CC2)c(C)c1C(=O)OC. The standard InChI is InChI=1S/C18H26N2O5/c1-5-13-15(17(22)24-4)12(3)16(19-13)18(23)25-10-14(21)20-8-6-11(2)7-9-20/h11,19H,5-10H2,1-4H3. The Hall–Kier alpha value is -2.31. The predicted molar refractivity (Wildman–Crippen MR) is 91.5 cm³/mol. The highest BCUT2D eigenvalue weighted by Gasteiger charge is 2.26. The third kappa shape index (κ3) is 4.21. The highest BCUT2D eigenvalue weighted by Crippen LogP contribution is 2.21. The van der Waals surface area contributed by atoms with E-state index in [4.69, 9.17) is 9.47 Å². The van der Waals surface area contributed by atoms with Gasteiger partial charge in [0.15, 0.2) is 6.61 Å². The number of carbonyl (C=O) groups excluding carboxylic acids is 3. The highest BCUT2D eigenvalue weighted by molar-refractivity contribution is 5.99. The quantitative estimate of drug-likeness (QED) is 0.822. The van der Waals surface area contributed by atoms with Gasteiger partial charge in [-0.25, -0.2) is 9.59 Å². The van der Waals surface area contributed by atoms with Crippen molar-refractivity contribution in [3.63, 3.8) is 0 Å². The Balaban J connectivity index is 2.02. The van der Waals surface area contributed by atoms with Gasteiger partial charge >= 0.3 is 11.9 Å². The second-order valence-electron chi connectivity index (χ2n) is 6.46. The Morgan fingerprint density at radius 1 is 1.20 bits per heavy atom. The summed E-state index contributed by atoms with van der Waals surface area (Å²) in [5, 5.41) is 0. The maximum atomic E-state index is 12.3. The van der Waals surface area contributed by atoms with E-state index < -0.39 is 11.9 Å². The molecular weight excluding hydrogens is 324 g/mol. The van der Waals surface area contributed by atoms with E-state index in [1.807, 2.05) is 6.92 Å². The second kappa shape index (κ2) is 8.18. The molecule has 7 heteroatoms. The minimum Gasteiger partial charge on any atom is -0.465 e. The first-order valence-electron chi connectivity index (χ1n) is 8.63. The van der Waals surface area contributed by atoms with Crippen LogP contribution in [0.5, 0.6) is 0 Å². The summed E-state index contributed by atoms with van der Waals surface area (Å²) in [4.78, 5) is 41.0. The largest absolute Gasteiger partial charge is 0.465 e. The zero-order chi connectivity index (χ0) is 18.6. The van der Waals surface area contributed by atoms with E-state index in [0.29, 0.717) is 42.2 Å². The lowest BCUT2D eigenvalue weighted by Gasteiger charge is -2.30. The summed E-state index contributed by atoms with van der Waals surface area (Å²) in [5.74, 6) is -0.699. The molecule has 2 heterocycles. The average Bonchev–Trinajstić information content (AvgIpc) is 2.95. The Morgan fingerprint density at radius 3 is 2.40 bits per heavy atom. The molecule has 0 saturated carbocycles. The van der Waals surface area contributed by atoms with Gasteiger partial charge in [0.2, 0.25) is 0 Å². The van der Waals surface area contributed by atoms with Gasteiger partial charge in [0.25, 0.3) is 5.91 Å². The summed E-state index contributed by atoms with van der Waals surface area (Å²) in [6, 6.07) is 0. The molecular formula is C18H26N2O5. The van der Waals surface area contributed by atoms with Crippen LogP contribution in [0.1, 0.15) is 58.8 Å². The van der Waals surface area contributed by atoms with Crippen molar-refractivity contribution >= 4 is 17.8 Å². The molecule has 1 aromatic heterocycles. The molecule has 1 amide bonds. The molecule has 0 aromatic carbocycles. The zero-order valence-corrected chi connectivity index (χ0v) is 15.3. The number of nitrogens with one attached hydrogen (secondary N) is 1. The topological polar surface area (TPSA) is 88.7 Å². The van der Waals surface area contributed by atoms with E-state index in [0.717, 1.165) is 12.8 Å². The van der Waals surface area contributed by atoms with Crippen LogP contribution in [-0.2, 0) is 20.7 Å². The molecule has 0 spiro atoms. The highest BCUT2D eigenvalue weighted by atomic mass is 16.5. The Labute approximate surface area is 147 Å². The van der Waals surface area contributed by atoms with Gasteiger partial charge < -0.3 is 19.4 Å². The number of aromatic amines is 1. The minimum atomic E-state index is -0.638. The van der Waals surface area contributed by atoms with Gasteiger partial charge in [0.1, 0.15) is 5.69 Å². The van der Waals surface area contributed by atoms with Gasteiger partial charge in [-0.05, 0) is 37.7 Å². The third-order valence-corrected chi connectivity index (χ3v) is 4.74. The van der Waals surface area contributed by atoms with Crippen molar-refractivity contribution in [1.29, 1.82) is 0 Å². The maximum Gasteiger partial charge on any atom is 0.355 e. The summed E-state index contributed by atoms with van der Waals surface area (Å²) in [7, 11) is 1.30. The van der Waals surface area contributed by atoms with Crippen molar-refractivity contribution in [2.75, 3.05) is 26.8 Å². The number of H-pyrrole nitrogens is 1. The Kier molecular flexibility index (Phi) is 6.22. The molecule has 1 aliphatic heterocycles. The summed E-state index contributed by atoms with van der Waals surface area (Å²) in [6.07, 6.45) is 2.49. The number of esters is 2. The summed E-state index contributed by atoms with van der Waals surface area (Å²) < 4.78 is 9.93. The fourth-order valence-corrected chi connectivity index (χ4v) is 3.05. The first-order chi connectivity index (χ1) is 11.9. The van der Waals surface area contributed by atoms with Crippen LogP contribution >= 0.6 is 0 Å². The number of ether oxygens (including phenoxy) is 2. The summed E-state index contributed by atoms with van der Waals surface area (Å²) in [6.45, 7) is 6.80. The van der Waals surface area contributed by atoms with Crippen LogP contribution in [0.3, 0.4) is 0 Å². The fraction of sp³-hybridized carbons (Fsp3) is 0.611. The molecule has 0 bridgehead atoms. The smallest absolute Gasteiger partial charge is 0.355 e. The van der Waals surface area contributed by atoms with Gasteiger partial charge in [-0.15, -0.1) is 0 Å². The van der Waals surface area contributed by atoms with Crippen LogP contribution in [0.2, 0.25) is 0 Å². The van der Waals surface area contributed by atoms with Gasteiger partial charge in [-0.2, -0.15) is 0 Å². The number of methoxy groups -OCH3 is 1. The van der Waals surface area contributed by atoms with Crippen molar-refractivity contribution < 1.29 is 23.9 Å². The number of piperidine rings is 1. The van der Waals surface area contributed by atoms with E-state index >= 15 is 0 Å². The van der Waals surface area contributed by atoms with E-state index in [2.05, 4.69) is 11.9 Å². The van der Waals surface area contributed by atoms with Crippen molar-refractivity contribution in [2.45, 2.75) is 40.0 Å². The zero-order valence-electron chi connectivity index (χ0n) is 15.3. The summed E-state index contributed by atoms with van der Waals surface area (Å²) in [5.41, 5.74) is 1.64. The molecule has 1 aliphatic rings. The molecule has 138 valence electrons. The number of aromatic nitrogens is 1. The Morgan fingerprint density at radius 2 is 1.84 bits per heavy atom. The molecule has 25 heavy (non-hydrogen) atoms. The van der Waals surface area contributed by atoms with Crippen LogP contribution in [-0.4, -0.2) is 54.5 Å². The van der Waals surface area contributed by atoms with Crippen LogP contribution in [0, 0.1) is 12.8 Å². The first-order valence-corrected chi connectivity index (χ1v) is 8.63. The molecule has 1 aromatic rings. The fourth-order valence-electron chi connectivity index (χ4n) is 3.05. The average molecular weight is 350 g/mol. The van der Waals surface area contributed by atoms with Crippen LogP contribution in [0.25, 0.3) is 0 Å². The number of hydrogen-bond acceptors (Lipinski definition) is 5. The van der Waals surface area contributed by atoms with E-state index in [1.54, 1.807) is 11.8 Å². The number of hydrogen-bond donors (Lipinski definition) is 1. The molecule has 0 aliphatic carbocycles. The predicted octanol–water partition coefficient (Wildman–Crippen LogP) is 2.09. The molecule has 0 radical (unpaired) electrons. The van der Waals surface area contributed by atoms with Crippen molar-refractivity contribution in [3.05, 3.63) is 22.5 Å². The molecule has 1 N–H and O–H groups in total. The molecule has 7 nitrogen and oxygen atoms in total. The minimum absolute atomic E-state index is 0.187. The van der Waals surface area contributed by atoms with Crippen molar-refractivity contribution in [1.82, 2.24) is 9.88 Å². The normalized spacial score (nSPS) is 15.1. The van der Waals surface area contributed by atoms with Crippen molar-refractivity contribution in [2.24, 2.45) is 5.92 Å². The number of carbonyl (C=O) groups is 3. The van der Waals surface area contributed by atoms with E-state index in [-0.39, 0.29) is 18.2 Å². The lowest BCUT2D eigenvalue weighted by molar-refractivity contribution is -0.135. The number of rotatable bonds is 5. The first kappa shape index (κ1) is 19.0. The molecule has 0 atom stereocenters. The number of nitrogens with zero attached hydrogens (tertiary/aromatic N) is 1. The van der Waals surface area contributed by atoms with Crippen LogP contribution in [0.4, 0.5) is 0 Å². The van der Waals surface area contributed by atoms with Gasteiger partial charge in [-0.1, -0.05) is 13.8 Å². The van der Waals surface area contributed by atoms with Crippen LogP contribution < -0.4 is 0 Å². The van der Waals surface area contributed by atoms with Gasteiger partial charge in [0, 0.05) is 18.8 Å². The maximum absolute atomic E-state index is 12.3. The molecule has 1 fully saturated rings. The van der Waals surface area contributed by atoms with E-state index in [9.17, 15) is 14.4 Å². The Bertz CT molecular complexity index is 657. The molecule has 2 rings (SSSR count). The molecule has 0 unspecified atom stereocenters. The molecule has 1 saturated heterocycles. The monoisotopic (exact) mass is 350 g/mol. The van der Waals surface area contributed by atoms with E-state index in [1.165, 1.54) is 7.11 Å². The van der Waals surface area contributed by atoms with Gasteiger partial charge in [-0.3, -0.25) is 4.79 Å². The number of aryl methyl sites for hydroxylation is 1. The lowest BCUT2D eigenvalue weighted by atomic mass is 9.99. The third-order valence-electron chi connectivity index (χ3n) is 4.74. The van der Waals surface area contributed by atoms with Crippen molar-refractivity contribution in [3.8, 4) is 0 Å². The summed E-state index contributed by atoms with van der Waals surface area (Å²) >= 11 is 0. The van der Waals surface area contributed by atoms with Gasteiger partial charge in [0.05, 0.1) is 12.7 Å².